The Bertz CT molecular complexity index is 1060. The zero-order valence-electron chi connectivity index (χ0n) is 19.1. The van der Waals surface area contributed by atoms with E-state index >= 15 is 0 Å². The largest absolute Gasteiger partial charge is 0.352 e. The lowest BCUT2D eigenvalue weighted by atomic mass is 10.1. The summed E-state index contributed by atoms with van der Waals surface area (Å²) in [6, 6.07) is 12.7. The van der Waals surface area contributed by atoms with E-state index in [1.165, 1.54) is 17.0 Å². The molecule has 1 N–H and O–H groups in total. The number of nitrogens with zero attached hydrogens (tertiary/aromatic N) is 2. The highest BCUT2D eigenvalue weighted by molar-refractivity contribution is 9.10. The van der Waals surface area contributed by atoms with Crippen molar-refractivity contribution < 1.29 is 18.0 Å². The molecule has 33 heavy (non-hydrogen) atoms. The number of amides is 2. The average Bonchev–Trinajstić information content (AvgIpc) is 2.76. The third-order valence-corrected chi connectivity index (χ3v) is 7.15. The zero-order valence-corrected chi connectivity index (χ0v) is 22.2. The van der Waals surface area contributed by atoms with Crippen molar-refractivity contribution in [3.05, 3.63) is 63.6 Å². The van der Waals surface area contributed by atoms with Gasteiger partial charge in [-0.05, 0) is 62.2 Å². The van der Waals surface area contributed by atoms with Gasteiger partial charge in [-0.25, -0.2) is 8.42 Å². The molecule has 180 valence electrons. The van der Waals surface area contributed by atoms with Crippen LogP contribution in [0.5, 0.6) is 0 Å². The lowest BCUT2D eigenvalue weighted by Gasteiger charge is -2.32. The number of carbonyl (C=O) groups is 2. The monoisotopic (exact) mass is 557 g/mol. The first-order valence-electron chi connectivity index (χ1n) is 10.5. The molecule has 0 aliphatic heterocycles. The first-order valence-corrected chi connectivity index (χ1v) is 13.5. The number of hydrogen-bond donors (Lipinski definition) is 1. The minimum absolute atomic E-state index is 0.0498. The molecule has 2 rings (SSSR count). The van der Waals surface area contributed by atoms with Crippen molar-refractivity contribution in [2.75, 3.05) is 17.1 Å². The second-order valence-electron chi connectivity index (χ2n) is 7.89. The van der Waals surface area contributed by atoms with E-state index in [2.05, 4.69) is 21.2 Å². The number of halogens is 2. The van der Waals surface area contributed by atoms with Crippen LogP contribution in [0.15, 0.2) is 53.0 Å². The van der Waals surface area contributed by atoms with Crippen LogP contribution in [0.4, 0.5) is 5.69 Å². The maximum absolute atomic E-state index is 13.4. The molecule has 2 atom stereocenters. The van der Waals surface area contributed by atoms with E-state index < -0.39 is 28.5 Å². The van der Waals surface area contributed by atoms with Crippen LogP contribution in [0.25, 0.3) is 0 Å². The summed E-state index contributed by atoms with van der Waals surface area (Å²) in [5.74, 6) is -0.794. The fraction of sp³-hybridized carbons (Fsp3) is 0.391. The van der Waals surface area contributed by atoms with E-state index in [0.29, 0.717) is 10.7 Å². The maximum atomic E-state index is 13.4. The molecule has 0 aliphatic carbocycles. The van der Waals surface area contributed by atoms with Gasteiger partial charge >= 0.3 is 0 Å². The van der Waals surface area contributed by atoms with Crippen LogP contribution >= 0.6 is 27.5 Å². The second-order valence-corrected chi connectivity index (χ2v) is 11.1. The van der Waals surface area contributed by atoms with Crippen molar-refractivity contribution in [1.82, 2.24) is 10.2 Å². The van der Waals surface area contributed by atoms with Gasteiger partial charge < -0.3 is 10.2 Å². The molecule has 0 aromatic heterocycles. The van der Waals surface area contributed by atoms with E-state index in [0.717, 1.165) is 27.0 Å². The van der Waals surface area contributed by atoms with E-state index in [1.807, 2.05) is 38.1 Å². The molecule has 0 unspecified atom stereocenters. The third kappa shape index (κ3) is 8.01. The summed E-state index contributed by atoms with van der Waals surface area (Å²) >= 11 is 9.31. The molecule has 2 aromatic carbocycles. The molecule has 0 heterocycles. The summed E-state index contributed by atoms with van der Waals surface area (Å²) in [6.45, 7) is 5.19. The maximum Gasteiger partial charge on any atom is 0.244 e. The summed E-state index contributed by atoms with van der Waals surface area (Å²) in [4.78, 5) is 27.6. The minimum atomic E-state index is -3.77. The Hall–Kier alpha value is -2.10. The van der Waals surface area contributed by atoms with Crippen molar-refractivity contribution in [2.45, 2.75) is 45.8 Å². The third-order valence-electron chi connectivity index (χ3n) is 5.23. The molecule has 2 amide bonds. The topological polar surface area (TPSA) is 86.8 Å². The molecule has 2 aromatic rings. The fourth-order valence-electron chi connectivity index (χ4n) is 3.06. The van der Waals surface area contributed by atoms with Crippen LogP contribution in [0.3, 0.4) is 0 Å². The van der Waals surface area contributed by atoms with Gasteiger partial charge in [-0.1, -0.05) is 46.6 Å². The van der Waals surface area contributed by atoms with Crippen molar-refractivity contribution >= 4 is 55.1 Å². The van der Waals surface area contributed by atoms with E-state index in [-0.39, 0.29) is 18.5 Å². The molecular weight excluding hydrogens is 530 g/mol. The number of sulfonamides is 1. The fourth-order valence-corrected chi connectivity index (χ4v) is 4.30. The molecule has 0 radical (unpaired) electrons. The molecule has 0 bridgehead atoms. The van der Waals surface area contributed by atoms with Crippen LogP contribution < -0.4 is 9.62 Å². The van der Waals surface area contributed by atoms with Gasteiger partial charge in [0.25, 0.3) is 0 Å². The van der Waals surface area contributed by atoms with Gasteiger partial charge in [0.2, 0.25) is 21.8 Å². The van der Waals surface area contributed by atoms with Gasteiger partial charge in [0.1, 0.15) is 12.6 Å². The van der Waals surface area contributed by atoms with Gasteiger partial charge in [0.15, 0.2) is 0 Å². The van der Waals surface area contributed by atoms with Crippen molar-refractivity contribution in [3.63, 3.8) is 0 Å². The molecule has 0 saturated carbocycles. The number of benzene rings is 2. The highest BCUT2D eigenvalue weighted by Crippen LogP contribution is 2.21. The Morgan fingerprint density at radius 1 is 1.06 bits per heavy atom. The van der Waals surface area contributed by atoms with Crippen LogP contribution in [0, 0.1) is 0 Å². The molecule has 0 aliphatic rings. The molecular formula is C23H29BrClN3O4S. The summed E-state index contributed by atoms with van der Waals surface area (Å²) in [7, 11) is -3.77. The van der Waals surface area contributed by atoms with Crippen LogP contribution in [0.2, 0.25) is 5.02 Å². The van der Waals surface area contributed by atoms with Crippen molar-refractivity contribution in [1.29, 1.82) is 0 Å². The highest BCUT2D eigenvalue weighted by atomic mass is 79.9. The highest BCUT2D eigenvalue weighted by Gasteiger charge is 2.30. The molecule has 0 fully saturated rings. The van der Waals surface area contributed by atoms with Gasteiger partial charge in [0.05, 0.1) is 11.9 Å². The number of carbonyl (C=O) groups excluding carboxylic acids is 2. The predicted molar refractivity (Wildman–Crippen MR) is 136 cm³/mol. The first-order chi connectivity index (χ1) is 15.4. The normalized spacial score (nSPS) is 13.2. The predicted octanol–water partition coefficient (Wildman–Crippen LogP) is 4.20. The summed E-state index contributed by atoms with van der Waals surface area (Å²) < 4.78 is 26.9. The first kappa shape index (κ1) is 27.1. The van der Waals surface area contributed by atoms with Gasteiger partial charge in [-0.3, -0.25) is 13.9 Å². The standard InChI is InChI=1S/C23H29BrClN3O4S/c1-5-16(2)26-23(30)17(3)27(14-18-6-8-19(24)9-7-18)22(29)15-28(33(4,31)32)21-12-10-20(25)11-13-21/h6-13,16-17H,5,14-15H2,1-4H3,(H,26,30)/t16-,17+/m1/s1. The molecule has 0 spiro atoms. The SMILES string of the molecule is CC[C@@H](C)NC(=O)[C@H](C)N(Cc1ccc(Br)cc1)C(=O)CN(c1ccc(Cl)cc1)S(C)(=O)=O. The molecule has 10 heteroatoms. The number of nitrogens with one attached hydrogen (secondary N) is 1. The summed E-state index contributed by atoms with van der Waals surface area (Å²) in [5, 5.41) is 3.34. The zero-order chi connectivity index (χ0) is 24.8. The second kappa shape index (κ2) is 11.9. The van der Waals surface area contributed by atoms with Crippen LogP contribution in [-0.4, -0.2) is 50.0 Å². The number of rotatable bonds is 10. The van der Waals surface area contributed by atoms with Gasteiger partial charge in [-0.15, -0.1) is 0 Å². The van der Waals surface area contributed by atoms with Gasteiger partial charge in [0, 0.05) is 22.1 Å². The molecule has 7 nitrogen and oxygen atoms in total. The van der Waals surface area contributed by atoms with Gasteiger partial charge in [-0.2, -0.15) is 0 Å². The average molecular weight is 559 g/mol. The lowest BCUT2D eigenvalue weighted by Crippen LogP contribution is -2.52. The Kier molecular flexibility index (Phi) is 9.75. The Labute approximate surface area is 209 Å². The molecule has 0 saturated heterocycles. The minimum Gasteiger partial charge on any atom is -0.352 e. The summed E-state index contributed by atoms with van der Waals surface area (Å²) in [5.41, 5.74) is 1.13. The van der Waals surface area contributed by atoms with Crippen LogP contribution in [0.1, 0.15) is 32.8 Å². The van der Waals surface area contributed by atoms with E-state index in [4.69, 9.17) is 11.6 Å². The number of anilines is 1. The number of hydrogen-bond acceptors (Lipinski definition) is 4. The van der Waals surface area contributed by atoms with E-state index in [9.17, 15) is 18.0 Å². The van der Waals surface area contributed by atoms with Crippen molar-refractivity contribution in [2.24, 2.45) is 0 Å². The van der Waals surface area contributed by atoms with E-state index in [1.54, 1.807) is 19.1 Å². The Morgan fingerprint density at radius 2 is 1.64 bits per heavy atom. The Balaban J connectivity index is 2.36. The van der Waals surface area contributed by atoms with Crippen LogP contribution in [-0.2, 0) is 26.2 Å². The summed E-state index contributed by atoms with van der Waals surface area (Å²) in [6.07, 6.45) is 1.78. The lowest BCUT2D eigenvalue weighted by molar-refractivity contribution is -0.139. The van der Waals surface area contributed by atoms with Crippen molar-refractivity contribution in [3.8, 4) is 0 Å². The quantitative estimate of drug-likeness (QED) is 0.474. The Morgan fingerprint density at radius 3 is 2.15 bits per heavy atom. The smallest absolute Gasteiger partial charge is 0.244 e.